The number of rotatable bonds is 6. The minimum Gasteiger partial charge on any atom is -0.354 e. The first kappa shape index (κ1) is 24.9. The Morgan fingerprint density at radius 2 is 2.08 bits per heavy atom. The third-order valence-corrected chi connectivity index (χ3v) is 8.36. The number of halogens is 2. The molecule has 1 saturated heterocycles. The lowest BCUT2D eigenvalue weighted by Crippen LogP contribution is -2.51. The molecule has 4 aromatic heterocycles. The second kappa shape index (κ2) is 10.0. The molecular formula is C26H27ClFN9S. The predicted octanol–water partition coefficient (Wildman–Crippen LogP) is 5.14. The van der Waals surface area contributed by atoms with Gasteiger partial charge >= 0.3 is 0 Å². The van der Waals surface area contributed by atoms with E-state index in [0.717, 1.165) is 53.4 Å². The van der Waals surface area contributed by atoms with Crippen LogP contribution in [0, 0.1) is 18.7 Å². The van der Waals surface area contributed by atoms with Crippen LogP contribution in [0.1, 0.15) is 24.6 Å². The van der Waals surface area contributed by atoms with Crippen LogP contribution in [0.25, 0.3) is 16.8 Å². The largest absolute Gasteiger partial charge is 0.354 e. The van der Waals surface area contributed by atoms with Gasteiger partial charge in [-0.1, -0.05) is 36.4 Å². The van der Waals surface area contributed by atoms with Gasteiger partial charge in [0.15, 0.2) is 0 Å². The Balaban J connectivity index is 1.27. The Bertz CT molecular complexity index is 1620. The summed E-state index contributed by atoms with van der Waals surface area (Å²) in [5.74, 6) is 3.08. The normalized spacial score (nSPS) is 18.0. The number of likely N-dealkylation sites (N-methyl/N-ethyl adjacent to an activating group) is 1. The van der Waals surface area contributed by atoms with Gasteiger partial charge in [0.05, 0.1) is 16.5 Å². The molecule has 1 N–H and O–H groups in total. The Morgan fingerprint density at radius 1 is 1.21 bits per heavy atom. The molecule has 1 aliphatic heterocycles. The monoisotopic (exact) mass is 551 g/mol. The summed E-state index contributed by atoms with van der Waals surface area (Å²) in [6.07, 6.45) is 4.54. The lowest BCUT2D eigenvalue weighted by molar-refractivity contribution is 0.365. The number of hydrogen-bond acceptors (Lipinski definition) is 8. The van der Waals surface area contributed by atoms with Crippen molar-refractivity contribution >= 4 is 51.8 Å². The van der Waals surface area contributed by atoms with Crippen molar-refractivity contribution in [2.75, 3.05) is 29.9 Å². The van der Waals surface area contributed by atoms with Crippen molar-refractivity contribution < 1.29 is 4.39 Å². The molecular weight excluding hydrogens is 525 g/mol. The fourth-order valence-electron chi connectivity index (χ4n) is 5.07. The molecule has 0 bridgehead atoms. The van der Waals surface area contributed by atoms with Crippen LogP contribution in [0.5, 0.6) is 0 Å². The number of nitrogens with zero attached hydrogens (tertiary/aromatic N) is 8. The zero-order chi connectivity index (χ0) is 26.4. The lowest BCUT2D eigenvalue weighted by atomic mass is 9.92. The molecule has 0 amide bonds. The van der Waals surface area contributed by atoms with Gasteiger partial charge in [-0.3, -0.25) is 0 Å². The maximum atomic E-state index is 13.5. The first-order chi connectivity index (χ1) is 18.4. The molecule has 1 fully saturated rings. The van der Waals surface area contributed by atoms with Crippen LogP contribution >= 0.6 is 23.4 Å². The number of thioether (sulfide) groups is 1. The average Bonchev–Trinajstić information content (AvgIpc) is 3.55. The van der Waals surface area contributed by atoms with Crippen LogP contribution in [0.2, 0.25) is 5.02 Å². The highest BCUT2D eigenvalue weighted by Gasteiger charge is 2.32. The van der Waals surface area contributed by atoms with Crippen LogP contribution in [-0.4, -0.2) is 60.7 Å². The summed E-state index contributed by atoms with van der Waals surface area (Å²) in [4.78, 5) is 26.1. The predicted molar refractivity (Wildman–Crippen MR) is 149 cm³/mol. The van der Waals surface area contributed by atoms with Crippen molar-refractivity contribution in [2.24, 2.45) is 5.92 Å². The van der Waals surface area contributed by atoms with Crippen LogP contribution in [0.4, 0.5) is 16.0 Å². The number of fused-ring (bicyclic) bond motifs is 2. The molecule has 5 aromatic rings. The van der Waals surface area contributed by atoms with Gasteiger partial charge in [-0.25, -0.2) is 19.3 Å². The third kappa shape index (κ3) is 4.64. The van der Waals surface area contributed by atoms with Crippen molar-refractivity contribution in [3.05, 3.63) is 65.0 Å². The van der Waals surface area contributed by atoms with Gasteiger partial charge in [0.2, 0.25) is 5.16 Å². The van der Waals surface area contributed by atoms with Gasteiger partial charge < -0.3 is 14.8 Å². The van der Waals surface area contributed by atoms with E-state index in [2.05, 4.69) is 54.8 Å². The zero-order valence-corrected chi connectivity index (χ0v) is 22.8. The van der Waals surface area contributed by atoms with Crippen molar-refractivity contribution in [3.63, 3.8) is 0 Å². The minimum absolute atomic E-state index is 0.115. The smallest absolute Gasteiger partial charge is 0.255 e. The summed E-state index contributed by atoms with van der Waals surface area (Å²) in [7, 11) is 2.11. The average molecular weight is 552 g/mol. The Hall–Kier alpha value is -3.44. The third-order valence-electron chi connectivity index (χ3n) is 7.16. The molecule has 12 heteroatoms. The quantitative estimate of drug-likeness (QED) is 0.290. The summed E-state index contributed by atoms with van der Waals surface area (Å²) >= 11 is 7.42. The molecule has 38 heavy (non-hydrogen) atoms. The second-order valence-corrected chi connectivity index (χ2v) is 11.1. The summed E-state index contributed by atoms with van der Waals surface area (Å²) < 4.78 is 15.4. The molecule has 0 aliphatic carbocycles. The minimum atomic E-state index is -0.424. The number of piperidine rings is 1. The van der Waals surface area contributed by atoms with Crippen molar-refractivity contribution in [3.8, 4) is 0 Å². The van der Waals surface area contributed by atoms with Crippen molar-refractivity contribution in [2.45, 2.75) is 37.2 Å². The fourth-order valence-corrected chi connectivity index (χ4v) is 6.04. The highest BCUT2D eigenvalue weighted by atomic mass is 35.5. The molecule has 0 saturated carbocycles. The number of aromatic nitrogens is 7. The highest BCUT2D eigenvalue weighted by molar-refractivity contribution is 7.98. The summed E-state index contributed by atoms with van der Waals surface area (Å²) in [5.41, 5.74) is 2.63. The number of anilines is 2. The van der Waals surface area contributed by atoms with Crippen molar-refractivity contribution in [1.29, 1.82) is 0 Å². The van der Waals surface area contributed by atoms with Gasteiger partial charge in [-0.2, -0.15) is 9.50 Å². The van der Waals surface area contributed by atoms with Gasteiger partial charge in [0, 0.05) is 43.8 Å². The fraction of sp³-hybridized carbons (Fsp3) is 0.346. The SMILES string of the molecule is Cc1cc(N2CC[C@@H](C)[C@@H](N(C)c3ncnc4[nH]ccc34)C2)n2nc(SCc3ccc(F)c(Cl)c3)nc2n1. The number of H-pyrrole nitrogens is 1. The maximum absolute atomic E-state index is 13.5. The van der Waals surface area contributed by atoms with Gasteiger partial charge in [-0.05, 0) is 43.0 Å². The molecule has 9 nitrogen and oxygen atoms in total. The Kier molecular flexibility index (Phi) is 6.56. The van der Waals surface area contributed by atoms with Crippen LogP contribution in [0.3, 0.4) is 0 Å². The molecule has 5 heterocycles. The molecule has 0 radical (unpaired) electrons. The number of hydrogen-bond donors (Lipinski definition) is 1. The summed E-state index contributed by atoms with van der Waals surface area (Å²) in [6, 6.07) is 9.07. The van der Waals surface area contributed by atoms with E-state index in [-0.39, 0.29) is 11.1 Å². The number of aromatic amines is 1. The number of benzene rings is 1. The highest BCUT2D eigenvalue weighted by Crippen LogP contribution is 2.31. The van der Waals surface area contributed by atoms with Gasteiger partial charge in [0.1, 0.15) is 29.4 Å². The molecule has 196 valence electrons. The number of nitrogens with one attached hydrogen (secondary N) is 1. The van der Waals surface area contributed by atoms with E-state index in [1.807, 2.05) is 23.7 Å². The van der Waals surface area contributed by atoms with E-state index in [9.17, 15) is 4.39 Å². The molecule has 0 spiro atoms. The first-order valence-corrected chi connectivity index (χ1v) is 13.8. The zero-order valence-electron chi connectivity index (χ0n) is 21.3. The Labute approximate surface area is 228 Å². The first-order valence-electron chi connectivity index (χ1n) is 12.4. The molecule has 1 aliphatic rings. The lowest BCUT2D eigenvalue weighted by Gasteiger charge is -2.43. The molecule has 6 rings (SSSR count). The van der Waals surface area contributed by atoms with E-state index in [0.29, 0.717) is 22.6 Å². The van der Waals surface area contributed by atoms with Crippen LogP contribution in [-0.2, 0) is 5.75 Å². The summed E-state index contributed by atoms with van der Waals surface area (Å²) in [5, 5.41) is 6.52. The van der Waals surface area contributed by atoms with Gasteiger partial charge in [0.25, 0.3) is 5.78 Å². The van der Waals surface area contributed by atoms with E-state index in [1.165, 1.54) is 17.8 Å². The second-order valence-electron chi connectivity index (χ2n) is 9.73. The maximum Gasteiger partial charge on any atom is 0.255 e. The Morgan fingerprint density at radius 3 is 2.92 bits per heavy atom. The standard InChI is InChI=1S/C26H27ClFN9S/c1-15-7-9-36(12-21(15)35(3)24-18-6-8-29-23(18)30-14-31-24)22-10-16(2)32-25-33-26(34-37(22)25)38-13-17-4-5-20(28)19(27)11-17/h4-6,8,10-11,14-15,21H,7,9,12-13H2,1-3H3,(H,29,30,31)/t15-,21+/m1/s1. The van der Waals surface area contributed by atoms with Gasteiger partial charge in [-0.15, -0.1) is 5.10 Å². The van der Waals surface area contributed by atoms with Crippen LogP contribution < -0.4 is 9.80 Å². The molecule has 1 aromatic carbocycles. The summed E-state index contributed by atoms with van der Waals surface area (Å²) in [6.45, 7) is 5.99. The van der Waals surface area contributed by atoms with E-state index in [1.54, 1.807) is 18.5 Å². The topological polar surface area (TPSA) is 91.1 Å². The van der Waals surface area contributed by atoms with Crippen molar-refractivity contribution in [1.82, 2.24) is 34.5 Å². The van der Waals surface area contributed by atoms with E-state index < -0.39 is 5.82 Å². The number of aryl methyl sites for hydroxylation is 1. The van der Waals surface area contributed by atoms with Crippen LogP contribution in [0.15, 0.2) is 48.0 Å². The molecule has 2 atom stereocenters. The van der Waals surface area contributed by atoms with E-state index in [4.69, 9.17) is 16.7 Å². The molecule has 0 unspecified atom stereocenters. The van der Waals surface area contributed by atoms with E-state index >= 15 is 0 Å².